The van der Waals surface area contributed by atoms with E-state index in [0.29, 0.717) is 12.8 Å². The standard InChI is InChI=1S/C20H31NO6/c1-5-12-17(20(26-7-3,27-8-4)18(22)24-6-2)21-19(23)25-15-16-13-10-9-11-14-16/h9-11,13-14,17H,5-8,12,15H2,1-4H3,(H,21,23)/t17-/m0/s1. The van der Waals surface area contributed by atoms with Crippen molar-refractivity contribution in [2.24, 2.45) is 0 Å². The Bertz CT molecular complexity index is 557. The fourth-order valence-electron chi connectivity index (χ4n) is 2.72. The van der Waals surface area contributed by atoms with Gasteiger partial charge in [0.25, 0.3) is 5.79 Å². The van der Waals surface area contributed by atoms with Gasteiger partial charge in [-0.05, 0) is 32.8 Å². The molecule has 0 heterocycles. The lowest BCUT2D eigenvalue weighted by atomic mass is 10.0. The number of esters is 1. The minimum atomic E-state index is -1.71. The summed E-state index contributed by atoms with van der Waals surface area (Å²) in [4.78, 5) is 25.0. The van der Waals surface area contributed by atoms with E-state index in [-0.39, 0.29) is 26.4 Å². The Morgan fingerprint density at radius 3 is 2.11 bits per heavy atom. The molecule has 0 bridgehead atoms. The average Bonchev–Trinajstić information content (AvgIpc) is 2.67. The van der Waals surface area contributed by atoms with E-state index in [0.717, 1.165) is 5.56 Å². The first-order valence-electron chi connectivity index (χ1n) is 9.46. The number of hydrogen-bond acceptors (Lipinski definition) is 6. The molecule has 7 heteroatoms. The van der Waals surface area contributed by atoms with Gasteiger partial charge in [0.05, 0.1) is 12.6 Å². The predicted molar refractivity (Wildman–Crippen MR) is 101 cm³/mol. The molecular formula is C20H31NO6. The zero-order valence-electron chi connectivity index (χ0n) is 16.7. The average molecular weight is 381 g/mol. The maximum Gasteiger partial charge on any atom is 0.407 e. The minimum Gasteiger partial charge on any atom is -0.462 e. The van der Waals surface area contributed by atoms with Gasteiger partial charge in [-0.3, -0.25) is 0 Å². The summed E-state index contributed by atoms with van der Waals surface area (Å²) in [6.45, 7) is 7.90. The Kier molecular flexibility index (Phi) is 10.4. The van der Waals surface area contributed by atoms with E-state index in [1.165, 1.54) is 0 Å². The van der Waals surface area contributed by atoms with Gasteiger partial charge < -0.3 is 24.3 Å². The lowest BCUT2D eigenvalue weighted by Gasteiger charge is -2.37. The molecule has 152 valence electrons. The molecule has 1 aromatic rings. The summed E-state index contributed by atoms with van der Waals surface area (Å²) in [6.07, 6.45) is 0.509. The van der Waals surface area contributed by atoms with E-state index in [9.17, 15) is 9.59 Å². The summed E-state index contributed by atoms with van der Waals surface area (Å²) in [5.74, 6) is -2.36. The first-order chi connectivity index (χ1) is 13.0. The topological polar surface area (TPSA) is 83.1 Å². The number of carbonyl (C=O) groups excluding carboxylic acids is 2. The first-order valence-corrected chi connectivity index (χ1v) is 9.46. The molecule has 0 saturated heterocycles. The van der Waals surface area contributed by atoms with Crippen molar-refractivity contribution < 1.29 is 28.5 Å². The highest BCUT2D eigenvalue weighted by Crippen LogP contribution is 2.25. The van der Waals surface area contributed by atoms with E-state index < -0.39 is 23.9 Å². The molecule has 0 spiro atoms. The second-order valence-electron chi connectivity index (χ2n) is 5.80. The van der Waals surface area contributed by atoms with Crippen LogP contribution in [0.5, 0.6) is 0 Å². The van der Waals surface area contributed by atoms with E-state index in [1.807, 2.05) is 37.3 Å². The third-order valence-electron chi connectivity index (χ3n) is 3.82. The van der Waals surface area contributed by atoms with Crippen LogP contribution in [-0.4, -0.2) is 43.7 Å². The van der Waals surface area contributed by atoms with Gasteiger partial charge >= 0.3 is 12.1 Å². The second kappa shape index (κ2) is 12.3. The van der Waals surface area contributed by atoms with E-state index in [1.54, 1.807) is 20.8 Å². The van der Waals surface area contributed by atoms with Gasteiger partial charge in [0, 0.05) is 13.2 Å². The molecular weight excluding hydrogens is 350 g/mol. The summed E-state index contributed by atoms with van der Waals surface area (Å²) < 4.78 is 21.8. The van der Waals surface area contributed by atoms with Crippen LogP contribution in [0.4, 0.5) is 4.79 Å². The lowest BCUT2D eigenvalue weighted by molar-refractivity contribution is -0.257. The monoisotopic (exact) mass is 381 g/mol. The fourth-order valence-corrected chi connectivity index (χ4v) is 2.72. The van der Waals surface area contributed by atoms with Crippen molar-refractivity contribution in [2.75, 3.05) is 19.8 Å². The molecule has 0 aromatic heterocycles. The quantitative estimate of drug-likeness (QED) is 0.441. The molecule has 0 fully saturated rings. The number of nitrogens with one attached hydrogen (secondary N) is 1. The summed E-state index contributed by atoms with van der Waals surface area (Å²) in [7, 11) is 0. The van der Waals surface area contributed by atoms with Crippen LogP contribution in [-0.2, 0) is 30.3 Å². The van der Waals surface area contributed by atoms with Crippen molar-refractivity contribution in [3.63, 3.8) is 0 Å². The summed E-state index contributed by atoms with van der Waals surface area (Å²) in [6, 6.07) is 8.60. The van der Waals surface area contributed by atoms with Gasteiger partial charge in [-0.15, -0.1) is 0 Å². The molecule has 1 atom stereocenters. The van der Waals surface area contributed by atoms with Crippen molar-refractivity contribution in [2.45, 2.75) is 59.0 Å². The van der Waals surface area contributed by atoms with Crippen molar-refractivity contribution in [3.05, 3.63) is 35.9 Å². The van der Waals surface area contributed by atoms with Gasteiger partial charge in [-0.25, -0.2) is 9.59 Å². The molecule has 1 aromatic carbocycles. The molecule has 1 rings (SSSR count). The van der Waals surface area contributed by atoms with Gasteiger partial charge in [0.2, 0.25) is 0 Å². The molecule has 0 aliphatic carbocycles. The second-order valence-corrected chi connectivity index (χ2v) is 5.80. The SMILES string of the molecule is CCC[C@H](NC(=O)OCc1ccccc1)C(OCC)(OCC)C(=O)OCC. The molecule has 0 aliphatic heterocycles. The van der Waals surface area contributed by atoms with Crippen LogP contribution in [0.3, 0.4) is 0 Å². The van der Waals surface area contributed by atoms with Gasteiger partial charge in [-0.2, -0.15) is 0 Å². The van der Waals surface area contributed by atoms with Crippen molar-refractivity contribution in [3.8, 4) is 0 Å². The van der Waals surface area contributed by atoms with E-state index in [4.69, 9.17) is 18.9 Å². The van der Waals surface area contributed by atoms with Gasteiger partial charge in [0.1, 0.15) is 6.61 Å². The molecule has 0 radical (unpaired) electrons. The minimum absolute atomic E-state index is 0.126. The van der Waals surface area contributed by atoms with E-state index >= 15 is 0 Å². The molecule has 0 unspecified atom stereocenters. The molecule has 7 nitrogen and oxygen atoms in total. The van der Waals surface area contributed by atoms with Crippen LogP contribution >= 0.6 is 0 Å². The van der Waals surface area contributed by atoms with Crippen molar-refractivity contribution in [1.82, 2.24) is 5.32 Å². The number of carbonyl (C=O) groups is 2. The molecule has 1 N–H and O–H groups in total. The van der Waals surface area contributed by atoms with Crippen LogP contribution in [0, 0.1) is 0 Å². The molecule has 27 heavy (non-hydrogen) atoms. The van der Waals surface area contributed by atoms with Gasteiger partial charge in [-0.1, -0.05) is 43.7 Å². The summed E-state index contributed by atoms with van der Waals surface area (Å²) >= 11 is 0. The van der Waals surface area contributed by atoms with Gasteiger partial charge in [0.15, 0.2) is 0 Å². The first kappa shape index (κ1) is 22.9. The summed E-state index contributed by atoms with van der Waals surface area (Å²) in [5, 5.41) is 2.73. The number of alkyl carbamates (subject to hydrolysis) is 1. The third-order valence-corrected chi connectivity index (χ3v) is 3.82. The maximum absolute atomic E-state index is 12.7. The van der Waals surface area contributed by atoms with Crippen LogP contribution < -0.4 is 5.32 Å². The molecule has 0 aliphatic rings. The Labute approximate surface area is 161 Å². The number of benzene rings is 1. The maximum atomic E-state index is 12.7. The Morgan fingerprint density at radius 1 is 0.963 bits per heavy atom. The zero-order chi connectivity index (χ0) is 20.1. The molecule has 0 saturated carbocycles. The normalized spacial score (nSPS) is 12.3. The third kappa shape index (κ3) is 6.84. The van der Waals surface area contributed by atoms with E-state index in [2.05, 4.69) is 5.32 Å². The Morgan fingerprint density at radius 2 is 1.59 bits per heavy atom. The Hall–Kier alpha value is -2.12. The Balaban J connectivity index is 2.94. The number of hydrogen-bond donors (Lipinski definition) is 1. The number of rotatable bonds is 12. The number of ether oxygens (including phenoxy) is 4. The van der Waals surface area contributed by atoms with Crippen LogP contribution in [0.1, 0.15) is 46.1 Å². The lowest BCUT2D eigenvalue weighted by Crippen LogP contribution is -2.61. The van der Waals surface area contributed by atoms with Crippen LogP contribution in [0.2, 0.25) is 0 Å². The summed E-state index contributed by atoms with van der Waals surface area (Å²) in [5.41, 5.74) is 0.867. The van der Waals surface area contributed by atoms with Crippen molar-refractivity contribution in [1.29, 1.82) is 0 Å². The number of amides is 1. The smallest absolute Gasteiger partial charge is 0.407 e. The largest absolute Gasteiger partial charge is 0.462 e. The zero-order valence-corrected chi connectivity index (χ0v) is 16.7. The van der Waals surface area contributed by atoms with Crippen molar-refractivity contribution >= 4 is 12.1 Å². The predicted octanol–water partition coefficient (Wildman–Crippen LogP) is 3.41. The molecule has 1 amide bonds. The highest BCUT2D eigenvalue weighted by Gasteiger charge is 2.50. The highest BCUT2D eigenvalue weighted by atomic mass is 16.7. The fraction of sp³-hybridized carbons (Fsp3) is 0.600. The highest BCUT2D eigenvalue weighted by molar-refractivity contribution is 5.80. The van der Waals surface area contributed by atoms with Crippen LogP contribution in [0.25, 0.3) is 0 Å². The van der Waals surface area contributed by atoms with Crippen LogP contribution in [0.15, 0.2) is 30.3 Å².